The van der Waals surface area contributed by atoms with Crippen LogP contribution in [0.3, 0.4) is 0 Å². The van der Waals surface area contributed by atoms with Gasteiger partial charge in [-0.15, -0.1) is 13.2 Å². The van der Waals surface area contributed by atoms with Crippen LogP contribution in [-0.4, -0.2) is 30.3 Å². The van der Waals surface area contributed by atoms with E-state index in [9.17, 15) is 34.8 Å². The van der Waals surface area contributed by atoms with Crippen molar-refractivity contribution in [2.24, 2.45) is 0 Å². The summed E-state index contributed by atoms with van der Waals surface area (Å²) in [5.41, 5.74) is -0.361. The molecule has 31 heavy (non-hydrogen) atoms. The molecule has 3 aromatic rings. The largest absolute Gasteiger partial charge is 0.573 e. The van der Waals surface area contributed by atoms with Gasteiger partial charge >= 0.3 is 12.5 Å². The second-order valence-electron chi connectivity index (χ2n) is 6.33. The molecule has 1 aromatic heterocycles. The number of alkyl halides is 6. The van der Waals surface area contributed by atoms with E-state index < -0.39 is 44.3 Å². The van der Waals surface area contributed by atoms with Crippen molar-refractivity contribution in [3.63, 3.8) is 0 Å². The molecule has 0 saturated heterocycles. The van der Waals surface area contributed by atoms with Gasteiger partial charge in [0.25, 0.3) is 0 Å². The Kier molecular flexibility index (Phi) is 5.78. The van der Waals surface area contributed by atoms with Gasteiger partial charge in [-0.25, -0.2) is 13.1 Å². The maximum Gasteiger partial charge on any atom is 0.573 e. The van der Waals surface area contributed by atoms with Crippen LogP contribution >= 0.6 is 0 Å². The van der Waals surface area contributed by atoms with Crippen LogP contribution in [0, 0.1) is 0 Å². The Hall–Kier alpha value is -3.02. The number of rotatable bonds is 5. The maximum absolute atomic E-state index is 13.1. The molecule has 0 atom stereocenters. The number of nitrogens with zero attached hydrogens (tertiary/aromatic N) is 2. The molecule has 3 rings (SSSR count). The lowest BCUT2D eigenvalue weighted by Gasteiger charge is -2.13. The summed E-state index contributed by atoms with van der Waals surface area (Å²) in [5.74, 6) is -0.849. The van der Waals surface area contributed by atoms with Crippen LogP contribution in [0.15, 0.2) is 59.8 Å². The highest BCUT2D eigenvalue weighted by atomic mass is 32.2. The monoisotopic (exact) mass is 464 g/mol. The standard InChI is InChI=1S/C19H14F6N2O3S/c1-2-31(28,29)17-9-14(18(20,21)22)5-8-16(17)27-11-13(10-26-27)12-3-6-15(7-4-12)30-19(23,24)25/h3-11H,2H2,1H3. The molecule has 0 spiro atoms. The highest BCUT2D eigenvalue weighted by Gasteiger charge is 2.33. The van der Waals surface area contributed by atoms with Gasteiger partial charge in [-0.05, 0) is 35.9 Å². The second-order valence-corrected chi connectivity index (χ2v) is 8.58. The Morgan fingerprint density at radius 3 is 2.16 bits per heavy atom. The minimum atomic E-state index is -4.84. The van der Waals surface area contributed by atoms with E-state index in [1.807, 2.05) is 0 Å². The van der Waals surface area contributed by atoms with Crippen LogP contribution in [0.25, 0.3) is 16.8 Å². The lowest BCUT2D eigenvalue weighted by Crippen LogP contribution is -2.16. The normalized spacial score (nSPS) is 12.7. The molecule has 166 valence electrons. The summed E-state index contributed by atoms with van der Waals surface area (Å²) in [5, 5.41) is 4.00. The Bertz CT molecular complexity index is 1180. The molecular formula is C19H14F6N2O3S. The summed E-state index contributed by atoms with van der Waals surface area (Å²) >= 11 is 0. The van der Waals surface area contributed by atoms with E-state index in [0.717, 1.165) is 28.9 Å². The van der Waals surface area contributed by atoms with Crippen molar-refractivity contribution in [1.29, 1.82) is 0 Å². The lowest BCUT2D eigenvalue weighted by molar-refractivity contribution is -0.274. The molecule has 0 bridgehead atoms. The molecule has 0 unspecified atom stereocenters. The van der Waals surface area contributed by atoms with Crippen molar-refractivity contribution in [1.82, 2.24) is 9.78 Å². The molecule has 0 saturated carbocycles. The Morgan fingerprint density at radius 1 is 0.968 bits per heavy atom. The van der Waals surface area contributed by atoms with Gasteiger partial charge in [0.05, 0.1) is 28.1 Å². The number of ether oxygens (including phenoxy) is 1. The molecule has 2 aromatic carbocycles. The molecule has 0 amide bonds. The van der Waals surface area contributed by atoms with Crippen molar-refractivity contribution in [2.45, 2.75) is 24.4 Å². The number of sulfone groups is 1. The molecule has 5 nitrogen and oxygen atoms in total. The predicted octanol–water partition coefficient (Wildman–Crippen LogP) is 5.25. The summed E-state index contributed by atoms with van der Waals surface area (Å²) in [6.07, 6.45) is -6.90. The van der Waals surface area contributed by atoms with Gasteiger partial charge in [0, 0.05) is 11.8 Å². The zero-order chi connectivity index (χ0) is 23.0. The van der Waals surface area contributed by atoms with Gasteiger partial charge in [0.1, 0.15) is 5.75 Å². The highest BCUT2D eigenvalue weighted by Crippen LogP contribution is 2.34. The topological polar surface area (TPSA) is 61.2 Å². The molecular weight excluding hydrogens is 450 g/mol. The van der Waals surface area contributed by atoms with Crippen LogP contribution in [0.5, 0.6) is 5.75 Å². The van der Waals surface area contributed by atoms with Crippen LogP contribution in [0.4, 0.5) is 26.3 Å². The Balaban J connectivity index is 2.00. The fourth-order valence-electron chi connectivity index (χ4n) is 2.74. The third kappa shape index (κ3) is 5.19. The van der Waals surface area contributed by atoms with Crippen LogP contribution in [0.1, 0.15) is 12.5 Å². The number of benzene rings is 2. The SMILES string of the molecule is CCS(=O)(=O)c1cc(C(F)(F)F)ccc1-n1cc(-c2ccc(OC(F)(F)F)cc2)cn1. The van der Waals surface area contributed by atoms with Gasteiger partial charge in [0.15, 0.2) is 9.84 Å². The van der Waals surface area contributed by atoms with E-state index in [1.165, 1.54) is 31.5 Å². The van der Waals surface area contributed by atoms with Crippen molar-refractivity contribution < 1.29 is 39.5 Å². The summed E-state index contributed by atoms with van der Waals surface area (Å²) in [7, 11) is -4.02. The Labute approximate surface area is 172 Å². The first-order valence-corrected chi connectivity index (χ1v) is 10.3. The van der Waals surface area contributed by atoms with Gasteiger partial charge in [0.2, 0.25) is 0 Å². The van der Waals surface area contributed by atoms with E-state index in [2.05, 4.69) is 9.84 Å². The highest BCUT2D eigenvalue weighted by molar-refractivity contribution is 7.91. The summed E-state index contributed by atoms with van der Waals surface area (Å²) in [6, 6.07) is 7.14. The van der Waals surface area contributed by atoms with Crippen molar-refractivity contribution in [3.8, 4) is 22.6 Å². The average molecular weight is 464 g/mol. The zero-order valence-corrected chi connectivity index (χ0v) is 16.5. The molecule has 12 heteroatoms. The molecule has 0 aliphatic rings. The lowest BCUT2D eigenvalue weighted by atomic mass is 10.1. The van der Waals surface area contributed by atoms with E-state index in [-0.39, 0.29) is 5.69 Å². The molecule has 0 radical (unpaired) electrons. The third-order valence-electron chi connectivity index (χ3n) is 4.25. The van der Waals surface area contributed by atoms with Crippen LogP contribution in [0.2, 0.25) is 0 Å². The van der Waals surface area contributed by atoms with E-state index in [0.29, 0.717) is 17.2 Å². The minimum Gasteiger partial charge on any atom is -0.406 e. The summed E-state index contributed by atoms with van der Waals surface area (Å²) in [4.78, 5) is -0.534. The van der Waals surface area contributed by atoms with Crippen LogP contribution in [-0.2, 0) is 16.0 Å². The van der Waals surface area contributed by atoms with Crippen molar-refractivity contribution in [3.05, 3.63) is 60.4 Å². The predicted molar refractivity (Wildman–Crippen MR) is 98.4 cm³/mol. The smallest absolute Gasteiger partial charge is 0.406 e. The quantitative estimate of drug-likeness (QED) is 0.484. The summed E-state index contributed by atoms with van der Waals surface area (Å²) < 4.78 is 106. The number of halogens is 6. The van der Waals surface area contributed by atoms with E-state index >= 15 is 0 Å². The van der Waals surface area contributed by atoms with Crippen LogP contribution < -0.4 is 4.74 Å². The molecule has 0 N–H and O–H groups in total. The average Bonchev–Trinajstić information content (AvgIpc) is 3.16. The second kappa shape index (κ2) is 7.91. The molecule has 0 aliphatic heterocycles. The maximum atomic E-state index is 13.1. The fourth-order valence-corrected chi connectivity index (χ4v) is 3.83. The van der Waals surface area contributed by atoms with Crippen molar-refractivity contribution >= 4 is 9.84 Å². The fraction of sp³-hybridized carbons (Fsp3) is 0.211. The number of hydrogen-bond donors (Lipinski definition) is 0. The summed E-state index contributed by atoms with van der Waals surface area (Å²) in [6.45, 7) is 1.30. The third-order valence-corrected chi connectivity index (χ3v) is 6.01. The Morgan fingerprint density at radius 2 is 1.61 bits per heavy atom. The van der Waals surface area contributed by atoms with Gasteiger partial charge in [-0.2, -0.15) is 18.3 Å². The van der Waals surface area contributed by atoms with Gasteiger partial charge in [-0.1, -0.05) is 19.1 Å². The molecule has 0 aliphatic carbocycles. The molecule has 1 heterocycles. The van der Waals surface area contributed by atoms with Gasteiger partial charge < -0.3 is 4.74 Å². The first kappa shape index (κ1) is 22.7. The minimum absolute atomic E-state index is 0.0851. The van der Waals surface area contributed by atoms with Crippen molar-refractivity contribution in [2.75, 3.05) is 5.75 Å². The van der Waals surface area contributed by atoms with E-state index in [1.54, 1.807) is 0 Å². The zero-order valence-electron chi connectivity index (χ0n) is 15.7. The number of hydrogen-bond acceptors (Lipinski definition) is 4. The first-order chi connectivity index (χ1) is 14.3. The first-order valence-electron chi connectivity index (χ1n) is 8.65. The molecule has 0 fully saturated rings. The van der Waals surface area contributed by atoms with Gasteiger partial charge in [-0.3, -0.25) is 0 Å². The van der Waals surface area contributed by atoms with E-state index in [4.69, 9.17) is 0 Å². The number of aromatic nitrogens is 2.